The van der Waals surface area contributed by atoms with Crippen molar-refractivity contribution >= 4 is 35.4 Å². The van der Waals surface area contributed by atoms with Crippen LogP contribution < -0.4 is 0 Å². The minimum atomic E-state index is 0.189. The molecule has 3 aromatic rings. The van der Waals surface area contributed by atoms with Gasteiger partial charge in [-0.05, 0) is 42.5 Å². The van der Waals surface area contributed by atoms with E-state index in [0.717, 1.165) is 0 Å². The Balaban J connectivity index is 2.06. The highest BCUT2D eigenvalue weighted by Crippen LogP contribution is 2.33. The van der Waals surface area contributed by atoms with Gasteiger partial charge in [0, 0.05) is 10.6 Å². The van der Waals surface area contributed by atoms with E-state index >= 15 is 0 Å². The Kier molecular flexibility index (Phi) is 3.18. The Morgan fingerprint density at radius 3 is 2.58 bits per heavy atom. The van der Waals surface area contributed by atoms with Gasteiger partial charge in [0.1, 0.15) is 5.76 Å². The van der Waals surface area contributed by atoms with Crippen molar-refractivity contribution in [2.45, 2.75) is 0 Å². The summed E-state index contributed by atoms with van der Waals surface area (Å²) in [6.45, 7) is 0. The summed E-state index contributed by atoms with van der Waals surface area (Å²) in [6.07, 6.45) is 0. The van der Waals surface area contributed by atoms with Gasteiger partial charge in [0.25, 0.3) is 10.7 Å². The lowest BCUT2D eigenvalue weighted by molar-refractivity contribution is 0.512. The maximum atomic E-state index is 6.11. The molecule has 0 bridgehead atoms. The normalized spacial score (nSPS) is 10.8. The third-order valence-electron chi connectivity index (χ3n) is 2.45. The second kappa shape index (κ2) is 4.85. The lowest BCUT2D eigenvalue weighted by atomic mass is 10.2. The van der Waals surface area contributed by atoms with E-state index in [4.69, 9.17) is 44.3 Å². The summed E-state index contributed by atoms with van der Waals surface area (Å²) in [5.74, 6) is 1.32. The molecule has 0 aliphatic rings. The molecule has 0 amide bonds. The van der Waals surface area contributed by atoms with E-state index in [9.17, 15) is 0 Å². The van der Waals surface area contributed by atoms with Crippen LogP contribution in [0.25, 0.3) is 23.0 Å². The van der Waals surface area contributed by atoms with Crippen molar-refractivity contribution in [1.29, 1.82) is 0 Å². The fraction of sp³-hybridized carbons (Fsp3) is 0. The van der Waals surface area contributed by atoms with Crippen LogP contribution in [0.5, 0.6) is 0 Å². The molecule has 0 saturated carbocycles. The van der Waals surface area contributed by atoms with Crippen LogP contribution in [0.3, 0.4) is 0 Å². The van der Waals surface area contributed by atoms with Crippen LogP contribution in [0.15, 0.2) is 39.2 Å². The quantitative estimate of drug-likeness (QED) is 0.679. The molecule has 3 rings (SSSR count). The van der Waals surface area contributed by atoms with Crippen LogP contribution in [0.2, 0.25) is 10.0 Å². The summed E-state index contributed by atoms with van der Waals surface area (Å²) in [5, 5.41) is 7.54. The van der Waals surface area contributed by atoms with Gasteiger partial charge >= 0.3 is 0 Å². The predicted molar refractivity (Wildman–Crippen MR) is 74.8 cm³/mol. The highest BCUT2D eigenvalue weighted by molar-refractivity contribution is 7.71. The molecular weight excluding hydrogens is 307 g/mol. The number of nitrogens with zero attached hydrogens (tertiary/aromatic N) is 1. The number of furan rings is 1. The number of aromatic amines is 1. The van der Waals surface area contributed by atoms with Crippen LogP contribution in [0.1, 0.15) is 0 Å². The average Bonchev–Trinajstić information content (AvgIpc) is 3.00. The zero-order valence-corrected chi connectivity index (χ0v) is 11.6. The third-order valence-corrected chi connectivity index (χ3v) is 3.19. The minimum Gasteiger partial charge on any atom is -0.451 e. The molecule has 19 heavy (non-hydrogen) atoms. The fourth-order valence-corrected chi connectivity index (χ4v) is 2.13. The van der Waals surface area contributed by atoms with Crippen molar-refractivity contribution in [2.24, 2.45) is 0 Å². The molecule has 1 aromatic carbocycles. The number of benzene rings is 1. The second-order valence-corrected chi connectivity index (χ2v) is 4.92. The maximum absolute atomic E-state index is 6.11. The van der Waals surface area contributed by atoms with E-state index in [-0.39, 0.29) is 10.7 Å². The number of halogens is 2. The number of aromatic nitrogens is 2. The first-order valence-corrected chi connectivity index (χ1v) is 6.41. The lowest BCUT2D eigenvalue weighted by Gasteiger charge is -2.00. The highest BCUT2D eigenvalue weighted by atomic mass is 35.5. The van der Waals surface area contributed by atoms with Gasteiger partial charge in [-0.3, -0.25) is 0 Å². The monoisotopic (exact) mass is 312 g/mol. The number of nitrogens with one attached hydrogen (secondary N) is 1. The molecule has 1 N–H and O–H groups in total. The van der Waals surface area contributed by atoms with E-state index in [2.05, 4.69) is 10.2 Å². The molecule has 0 saturated heterocycles. The Labute approximate surface area is 123 Å². The van der Waals surface area contributed by atoms with E-state index in [1.807, 2.05) is 0 Å². The molecule has 0 fully saturated rings. The largest absolute Gasteiger partial charge is 0.451 e. The maximum Gasteiger partial charge on any atom is 0.284 e. The van der Waals surface area contributed by atoms with Crippen molar-refractivity contribution in [3.8, 4) is 23.0 Å². The minimum absolute atomic E-state index is 0.189. The fourth-order valence-electron chi connectivity index (χ4n) is 1.62. The molecule has 0 atom stereocenters. The first kappa shape index (κ1) is 12.5. The van der Waals surface area contributed by atoms with Crippen molar-refractivity contribution in [3.05, 3.63) is 45.2 Å². The summed E-state index contributed by atoms with van der Waals surface area (Å²) in [7, 11) is 0. The summed E-state index contributed by atoms with van der Waals surface area (Å²) < 4.78 is 10.8. The summed E-state index contributed by atoms with van der Waals surface area (Å²) in [5.41, 5.74) is 0.703. The molecule has 0 aliphatic carbocycles. The molecule has 96 valence electrons. The van der Waals surface area contributed by atoms with Gasteiger partial charge in [0.15, 0.2) is 5.76 Å². The first-order chi connectivity index (χ1) is 9.13. The lowest BCUT2D eigenvalue weighted by Crippen LogP contribution is -1.77. The molecule has 7 heteroatoms. The van der Waals surface area contributed by atoms with Gasteiger partial charge in [-0.25, -0.2) is 5.10 Å². The number of rotatable bonds is 2. The summed E-state index contributed by atoms with van der Waals surface area (Å²) in [6, 6.07) is 8.64. The van der Waals surface area contributed by atoms with Gasteiger partial charge in [-0.1, -0.05) is 23.2 Å². The number of hydrogen-bond acceptors (Lipinski definition) is 4. The molecule has 0 aliphatic heterocycles. The van der Waals surface area contributed by atoms with Crippen LogP contribution in [-0.4, -0.2) is 10.2 Å². The Hall–Kier alpha value is -1.56. The van der Waals surface area contributed by atoms with Crippen molar-refractivity contribution < 1.29 is 8.83 Å². The molecule has 0 radical (unpaired) electrons. The number of hydrogen-bond donors (Lipinski definition) is 1. The topological polar surface area (TPSA) is 55.0 Å². The van der Waals surface area contributed by atoms with Gasteiger partial charge in [0.05, 0.1) is 5.02 Å². The SMILES string of the molecule is S=c1[nH]nc(-c2ccc(-c3cc(Cl)ccc3Cl)o2)o1. The van der Waals surface area contributed by atoms with Gasteiger partial charge in [-0.15, -0.1) is 5.10 Å². The molecule has 0 unspecified atom stereocenters. The zero-order valence-electron chi connectivity index (χ0n) is 9.31. The molecule has 0 spiro atoms. The Morgan fingerprint density at radius 2 is 1.84 bits per heavy atom. The van der Waals surface area contributed by atoms with Crippen LogP contribution in [0.4, 0.5) is 0 Å². The average molecular weight is 313 g/mol. The Bertz CT molecular complexity index is 791. The van der Waals surface area contributed by atoms with Crippen molar-refractivity contribution in [2.75, 3.05) is 0 Å². The molecule has 2 heterocycles. The second-order valence-electron chi connectivity index (χ2n) is 3.71. The predicted octanol–water partition coefficient (Wildman–Crippen LogP) is 4.97. The van der Waals surface area contributed by atoms with Crippen LogP contribution >= 0.6 is 35.4 Å². The van der Waals surface area contributed by atoms with Crippen molar-refractivity contribution in [1.82, 2.24) is 10.2 Å². The van der Waals surface area contributed by atoms with Gasteiger partial charge in [-0.2, -0.15) is 0 Å². The zero-order chi connectivity index (χ0) is 13.4. The smallest absolute Gasteiger partial charge is 0.284 e. The van der Waals surface area contributed by atoms with E-state index in [1.54, 1.807) is 30.3 Å². The van der Waals surface area contributed by atoms with Gasteiger partial charge in [0.2, 0.25) is 0 Å². The van der Waals surface area contributed by atoms with Crippen LogP contribution in [0, 0.1) is 4.84 Å². The van der Waals surface area contributed by atoms with Crippen LogP contribution in [-0.2, 0) is 0 Å². The number of H-pyrrole nitrogens is 1. The highest BCUT2D eigenvalue weighted by Gasteiger charge is 2.13. The Morgan fingerprint density at radius 1 is 1.05 bits per heavy atom. The molecule has 4 nitrogen and oxygen atoms in total. The first-order valence-electron chi connectivity index (χ1n) is 5.24. The van der Waals surface area contributed by atoms with Gasteiger partial charge < -0.3 is 8.83 Å². The summed E-state index contributed by atoms with van der Waals surface area (Å²) >= 11 is 16.9. The standard InChI is InChI=1S/C12H6Cl2N2O2S/c13-6-1-2-8(14)7(5-6)9-3-4-10(17-9)11-15-16-12(19)18-11/h1-5H,(H,16,19). The van der Waals surface area contributed by atoms with E-state index < -0.39 is 0 Å². The molecular formula is C12H6Cl2N2O2S. The van der Waals surface area contributed by atoms with E-state index in [1.165, 1.54) is 0 Å². The summed E-state index contributed by atoms with van der Waals surface area (Å²) in [4.78, 5) is 0.189. The third kappa shape index (κ3) is 2.45. The molecule has 2 aromatic heterocycles. The van der Waals surface area contributed by atoms with Crippen molar-refractivity contribution in [3.63, 3.8) is 0 Å². The van der Waals surface area contributed by atoms with E-state index in [0.29, 0.717) is 27.1 Å².